The van der Waals surface area contributed by atoms with Crippen molar-refractivity contribution in [3.63, 3.8) is 0 Å². The van der Waals surface area contributed by atoms with Gasteiger partial charge in [0.2, 0.25) is 0 Å². The van der Waals surface area contributed by atoms with Crippen molar-refractivity contribution in [2.24, 2.45) is 5.41 Å². The predicted molar refractivity (Wildman–Crippen MR) is 45.3 cm³/mol. The molecule has 0 fully saturated rings. The highest BCUT2D eigenvalue weighted by atomic mass is 35.5. The summed E-state index contributed by atoms with van der Waals surface area (Å²) in [7, 11) is -4.58. The monoisotopic (exact) mass is 234 g/mol. The van der Waals surface area contributed by atoms with E-state index in [1.807, 2.05) is 0 Å². The lowest BCUT2D eigenvalue weighted by molar-refractivity contribution is 0.0213. The van der Waals surface area contributed by atoms with Crippen molar-refractivity contribution in [2.45, 2.75) is 0 Å². The van der Waals surface area contributed by atoms with E-state index in [4.69, 9.17) is 31.6 Å². The van der Waals surface area contributed by atoms with Crippen molar-refractivity contribution < 1.29 is 29.1 Å². The molecule has 0 rings (SSSR count). The Hall–Kier alpha value is 0.320. The smallest absolute Gasteiger partial charge is 0.396 e. The van der Waals surface area contributed by atoms with Crippen molar-refractivity contribution in [2.75, 3.05) is 25.7 Å². The van der Waals surface area contributed by atoms with Crippen LogP contribution in [0, 0.1) is 5.41 Å². The molecule has 4 N–H and O–H groups in total. The molecule has 0 saturated heterocycles. The zero-order valence-electron chi connectivity index (χ0n) is 6.76. The lowest BCUT2D eigenvalue weighted by Crippen LogP contribution is -2.36. The van der Waals surface area contributed by atoms with E-state index in [-0.39, 0.29) is 5.88 Å². The minimum Gasteiger partial charge on any atom is -0.396 e. The molecule has 0 aliphatic rings. The zero-order chi connectivity index (χ0) is 10.5. The van der Waals surface area contributed by atoms with E-state index in [0.29, 0.717) is 0 Å². The molecule has 13 heavy (non-hydrogen) atoms. The summed E-state index contributed by atoms with van der Waals surface area (Å²) in [5, 5.41) is 17.6. The van der Waals surface area contributed by atoms with Crippen LogP contribution in [0.2, 0.25) is 0 Å². The summed E-state index contributed by atoms with van der Waals surface area (Å²) < 4.78 is 14.4. The maximum absolute atomic E-state index is 10.3. The van der Waals surface area contributed by atoms with Crippen LogP contribution in [-0.2, 0) is 9.09 Å². The fourth-order valence-electron chi connectivity index (χ4n) is 0.485. The molecule has 0 aromatic rings. The van der Waals surface area contributed by atoms with Gasteiger partial charge in [0.1, 0.15) is 0 Å². The summed E-state index contributed by atoms with van der Waals surface area (Å²) in [4.78, 5) is 16.7. The van der Waals surface area contributed by atoms with Gasteiger partial charge in [0.05, 0.1) is 25.2 Å². The number of phosphoric ester groups is 1. The summed E-state index contributed by atoms with van der Waals surface area (Å²) >= 11 is 5.40. The average molecular weight is 235 g/mol. The SMILES string of the molecule is O=P(O)(O)OCC(CO)(CO)CCl. The van der Waals surface area contributed by atoms with Gasteiger partial charge in [0, 0.05) is 5.88 Å². The van der Waals surface area contributed by atoms with Gasteiger partial charge in [-0.25, -0.2) is 4.57 Å². The number of phosphoric acid groups is 1. The van der Waals surface area contributed by atoms with Crippen LogP contribution in [0.3, 0.4) is 0 Å². The van der Waals surface area contributed by atoms with Crippen LogP contribution in [0.4, 0.5) is 0 Å². The van der Waals surface area contributed by atoms with Gasteiger partial charge < -0.3 is 20.0 Å². The summed E-state index contributed by atoms with van der Waals surface area (Å²) in [6.07, 6.45) is 0. The van der Waals surface area contributed by atoms with Crippen molar-refractivity contribution in [3.8, 4) is 0 Å². The third-order valence-electron chi connectivity index (χ3n) is 1.49. The molecule has 0 atom stereocenters. The summed E-state index contributed by atoms with van der Waals surface area (Å²) in [5.74, 6) is -0.153. The molecule has 0 bridgehead atoms. The van der Waals surface area contributed by atoms with Crippen molar-refractivity contribution in [1.29, 1.82) is 0 Å². The van der Waals surface area contributed by atoms with E-state index >= 15 is 0 Å². The highest BCUT2D eigenvalue weighted by molar-refractivity contribution is 7.46. The highest BCUT2D eigenvalue weighted by Gasteiger charge is 2.31. The summed E-state index contributed by atoms with van der Waals surface area (Å²) in [6, 6.07) is 0. The Labute approximate surface area is 80.3 Å². The van der Waals surface area contributed by atoms with Gasteiger partial charge in [-0.15, -0.1) is 11.6 Å². The van der Waals surface area contributed by atoms with Gasteiger partial charge in [0.15, 0.2) is 0 Å². The standard InChI is InChI=1S/C5H12ClO6P/c6-1-5(2-7,3-8)4-12-13(9,10)11/h7-8H,1-4H2,(H2,9,10,11). The second kappa shape index (κ2) is 5.26. The molecule has 0 spiro atoms. The van der Waals surface area contributed by atoms with Gasteiger partial charge in [-0.05, 0) is 0 Å². The lowest BCUT2D eigenvalue weighted by atomic mass is 9.94. The number of halogens is 1. The molecule has 80 valence electrons. The number of hydrogen-bond acceptors (Lipinski definition) is 4. The molecule has 0 saturated carbocycles. The lowest BCUT2D eigenvalue weighted by Gasteiger charge is -2.26. The molecular weight excluding hydrogens is 222 g/mol. The minimum atomic E-state index is -4.58. The van der Waals surface area contributed by atoms with E-state index in [9.17, 15) is 4.57 Å². The van der Waals surface area contributed by atoms with E-state index in [1.165, 1.54) is 0 Å². The molecule has 0 aromatic carbocycles. The van der Waals surface area contributed by atoms with Gasteiger partial charge in [0.25, 0.3) is 0 Å². The Balaban J connectivity index is 4.19. The number of aliphatic hydroxyl groups excluding tert-OH is 2. The molecular formula is C5H12ClO6P. The topological polar surface area (TPSA) is 107 Å². The summed E-state index contributed by atoms with van der Waals surface area (Å²) in [6.45, 7) is -1.51. The Bertz CT molecular complexity index is 179. The van der Waals surface area contributed by atoms with Crippen LogP contribution in [-0.4, -0.2) is 45.7 Å². The maximum Gasteiger partial charge on any atom is 0.469 e. The molecule has 6 nitrogen and oxygen atoms in total. The first kappa shape index (κ1) is 13.3. The van der Waals surface area contributed by atoms with Crippen LogP contribution in [0.1, 0.15) is 0 Å². The quantitative estimate of drug-likeness (QED) is 0.358. The third-order valence-corrected chi connectivity index (χ3v) is 2.53. The number of rotatable bonds is 6. The van der Waals surface area contributed by atoms with Crippen molar-refractivity contribution in [1.82, 2.24) is 0 Å². The van der Waals surface area contributed by atoms with Crippen LogP contribution >= 0.6 is 19.4 Å². The molecule has 0 aliphatic heterocycles. The largest absolute Gasteiger partial charge is 0.469 e. The second-order valence-corrected chi connectivity index (χ2v) is 4.22. The molecule has 0 heterocycles. The molecule has 0 amide bonds. The van der Waals surface area contributed by atoms with Gasteiger partial charge >= 0.3 is 7.82 Å². The van der Waals surface area contributed by atoms with Crippen LogP contribution in [0.5, 0.6) is 0 Å². The van der Waals surface area contributed by atoms with Gasteiger partial charge in [-0.1, -0.05) is 0 Å². The van der Waals surface area contributed by atoms with Crippen molar-refractivity contribution >= 4 is 19.4 Å². The molecule has 8 heteroatoms. The normalized spacial score (nSPS) is 13.3. The van der Waals surface area contributed by atoms with E-state index in [2.05, 4.69) is 4.52 Å². The number of alkyl halides is 1. The summed E-state index contributed by atoms with van der Waals surface area (Å²) in [5.41, 5.74) is -1.21. The number of hydrogen-bond donors (Lipinski definition) is 4. The third kappa shape index (κ3) is 4.93. The van der Waals surface area contributed by atoms with Crippen LogP contribution in [0.25, 0.3) is 0 Å². The average Bonchev–Trinajstić information content (AvgIpc) is 2.06. The van der Waals surface area contributed by atoms with Gasteiger partial charge in [-0.2, -0.15) is 0 Å². The Kier molecular flexibility index (Phi) is 5.39. The first-order valence-electron chi connectivity index (χ1n) is 3.37. The molecule has 0 radical (unpaired) electrons. The molecule has 0 unspecified atom stereocenters. The van der Waals surface area contributed by atoms with Crippen LogP contribution < -0.4 is 0 Å². The Morgan fingerprint density at radius 2 is 1.77 bits per heavy atom. The Morgan fingerprint density at radius 1 is 1.31 bits per heavy atom. The molecule has 0 aromatic heterocycles. The van der Waals surface area contributed by atoms with Crippen molar-refractivity contribution in [3.05, 3.63) is 0 Å². The fourth-order valence-corrected chi connectivity index (χ4v) is 1.17. The van der Waals surface area contributed by atoms with E-state index in [0.717, 1.165) is 0 Å². The zero-order valence-corrected chi connectivity index (χ0v) is 8.41. The minimum absolute atomic E-state index is 0.153. The highest BCUT2D eigenvalue weighted by Crippen LogP contribution is 2.38. The number of aliphatic hydroxyl groups is 2. The van der Waals surface area contributed by atoms with E-state index < -0.39 is 33.1 Å². The first-order valence-corrected chi connectivity index (χ1v) is 5.43. The van der Waals surface area contributed by atoms with Crippen LogP contribution in [0.15, 0.2) is 0 Å². The molecule has 0 aliphatic carbocycles. The second-order valence-electron chi connectivity index (χ2n) is 2.71. The predicted octanol–water partition coefficient (Wildman–Crippen LogP) is -0.695. The van der Waals surface area contributed by atoms with E-state index in [1.54, 1.807) is 0 Å². The fraction of sp³-hybridized carbons (Fsp3) is 1.00. The first-order chi connectivity index (χ1) is 5.89. The van der Waals surface area contributed by atoms with Gasteiger partial charge in [-0.3, -0.25) is 4.52 Å². The maximum atomic E-state index is 10.3. The Morgan fingerprint density at radius 3 is 2.00 bits per heavy atom.